The SMILES string of the molecule is CCNC(c1ccc(C)cc1)c1c(Br)cnn1CC. The number of aromatic nitrogens is 2. The first-order chi connectivity index (χ1) is 9.17. The highest BCUT2D eigenvalue weighted by Gasteiger charge is 2.20. The van der Waals surface area contributed by atoms with Gasteiger partial charge in [-0.3, -0.25) is 4.68 Å². The molecule has 3 nitrogen and oxygen atoms in total. The Bertz CT molecular complexity index is 531. The van der Waals surface area contributed by atoms with Crippen LogP contribution < -0.4 is 5.32 Å². The van der Waals surface area contributed by atoms with Crippen LogP contribution in [0, 0.1) is 6.92 Å². The molecule has 0 spiro atoms. The molecule has 0 aliphatic heterocycles. The fraction of sp³-hybridized carbons (Fsp3) is 0.400. The molecule has 2 aromatic rings. The van der Waals surface area contributed by atoms with E-state index in [0.717, 1.165) is 17.6 Å². The van der Waals surface area contributed by atoms with Crippen LogP contribution in [0.4, 0.5) is 0 Å². The van der Waals surface area contributed by atoms with Crippen LogP contribution in [0.25, 0.3) is 0 Å². The second kappa shape index (κ2) is 6.35. The van der Waals surface area contributed by atoms with Crippen LogP contribution in [-0.4, -0.2) is 16.3 Å². The maximum atomic E-state index is 4.41. The van der Waals surface area contributed by atoms with Gasteiger partial charge in [0.25, 0.3) is 0 Å². The highest BCUT2D eigenvalue weighted by Crippen LogP contribution is 2.28. The maximum Gasteiger partial charge on any atom is 0.0759 e. The molecule has 0 radical (unpaired) electrons. The lowest BCUT2D eigenvalue weighted by atomic mass is 10.0. The van der Waals surface area contributed by atoms with E-state index in [-0.39, 0.29) is 6.04 Å². The fourth-order valence-corrected chi connectivity index (χ4v) is 2.77. The summed E-state index contributed by atoms with van der Waals surface area (Å²) in [4.78, 5) is 0. The first kappa shape index (κ1) is 14.3. The van der Waals surface area contributed by atoms with Crippen molar-refractivity contribution in [1.82, 2.24) is 15.1 Å². The third kappa shape index (κ3) is 3.07. The van der Waals surface area contributed by atoms with Gasteiger partial charge in [-0.05, 0) is 41.9 Å². The minimum absolute atomic E-state index is 0.169. The van der Waals surface area contributed by atoms with Crippen molar-refractivity contribution in [2.75, 3.05) is 6.54 Å². The number of halogens is 1. The van der Waals surface area contributed by atoms with Gasteiger partial charge in [-0.1, -0.05) is 36.8 Å². The lowest BCUT2D eigenvalue weighted by Crippen LogP contribution is -2.25. The molecule has 1 aromatic heterocycles. The Kier molecular flexibility index (Phi) is 4.77. The standard InChI is InChI=1S/C15H20BrN3/c1-4-17-14(12-8-6-11(3)7-9-12)15-13(16)10-18-19(15)5-2/h6-10,14,17H,4-5H2,1-3H3. The second-order valence-corrected chi connectivity index (χ2v) is 5.45. The average Bonchev–Trinajstić information content (AvgIpc) is 2.78. The van der Waals surface area contributed by atoms with E-state index in [9.17, 15) is 0 Å². The first-order valence-corrected chi connectivity index (χ1v) is 7.47. The van der Waals surface area contributed by atoms with E-state index in [1.165, 1.54) is 16.8 Å². The molecule has 1 unspecified atom stereocenters. The van der Waals surface area contributed by atoms with E-state index in [0.29, 0.717) is 0 Å². The van der Waals surface area contributed by atoms with Crippen molar-refractivity contribution in [2.45, 2.75) is 33.4 Å². The molecule has 102 valence electrons. The predicted octanol–water partition coefficient (Wildman–Crippen LogP) is 3.67. The summed E-state index contributed by atoms with van der Waals surface area (Å²) in [7, 11) is 0. The molecule has 19 heavy (non-hydrogen) atoms. The summed E-state index contributed by atoms with van der Waals surface area (Å²) in [5, 5.41) is 7.96. The van der Waals surface area contributed by atoms with Gasteiger partial charge in [-0.2, -0.15) is 5.10 Å². The number of hydrogen-bond acceptors (Lipinski definition) is 2. The molecular weight excluding hydrogens is 302 g/mol. The number of rotatable bonds is 5. The summed E-state index contributed by atoms with van der Waals surface area (Å²) in [6.07, 6.45) is 1.87. The van der Waals surface area contributed by atoms with E-state index in [1.54, 1.807) is 0 Å². The molecule has 4 heteroatoms. The molecular formula is C15H20BrN3. The van der Waals surface area contributed by atoms with E-state index >= 15 is 0 Å². The van der Waals surface area contributed by atoms with Crippen LogP contribution >= 0.6 is 15.9 Å². The van der Waals surface area contributed by atoms with Crippen LogP contribution in [-0.2, 0) is 6.54 Å². The van der Waals surface area contributed by atoms with Crippen LogP contribution in [0.1, 0.15) is 36.7 Å². The van der Waals surface area contributed by atoms with Crippen molar-refractivity contribution in [2.24, 2.45) is 0 Å². The van der Waals surface area contributed by atoms with E-state index < -0.39 is 0 Å². The zero-order valence-corrected chi connectivity index (χ0v) is 13.2. The molecule has 0 aliphatic rings. The summed E-state index contributed by atoms with van der Waals surface area (Å²) < 4.78 is 3.10. The minimum Gasteiger partial charge on any atom is -0.305 e. The number of hydrogen-bond donors (Lipinski definition) is 1. The largest absolute Gasteiger partial charge is 0.305 e. The van der Waals surface area contributed by atoms with Crippen molar-refractivity contribution >= 4 is 15.9 Å². The molecule has 0 amide bonds. The summed E-state index contributed by atoms with van der Waals surface area (Å²) in [6, 6.07) is 8.84. The summed E-state index contributed by atoms with van der Waals surface area (Å²) in [5.41, 5.74) is 3.73. The van der Waals surface area contributed by atoms with Gasteiger partial charge in [0.15, 0.2) is 0 Å². The van der Waals surface area contributed by atoms with Crippen molar-refractivity contribution in [3.8, 4) is 0 Å². The topological polar surface area (TPSA) is 29.9 Å². The zero-order valence-electron chi connectivity index (χ0n) is 11.7. The molecule has 0 saturated carbocycles. The van der Waals surface area contributed by atoms with E-state index in [1.807, 2.05) is 10.9 Å². The first-order valence-electron chi connectivity index (χ1n) is 6.68. The van der Waals surface area contributed by atoms with Gasteiger partial charge in [0.1, 0.15) is 0 Å². The molecule has 1 heterocycles. The van der Waals surface area contributed by atoms with Crippen LogP contribution in [0.5, 0.6) is 0 Å². The zero-order chi connectivity index (χ0) is 13.8. The van der Waals surface area contributed by atoms with Crippen LogP contribution in [0.15, 0.2) is 34.9 Å². The lowest BCUT2D eigenvalue weighted by molar-refractivity contribution is 0.541. The van der Waals surface area contributed by atoms with Crippen molar-refractivity contribution in [3.05, 3.63) is 51.8 Å². The number of nitrogens with one attached hydrogen (secondary N) is 1. The Hall–Kier alpha value is -1.13. The lowest BCUT2D eigenvalue weighted by Gasteiger charge is -2.20. The van der Waals surface area contributed by atoms with Crippen molar-refractivity contribution in [1.29, 1.82) is 0 Å². The predicted molar refractivity (Wildman–Crippen MR) is 82.3 cm³/mol. The van der Waals surface area contributed by atoms with Crippen molar-refractivity contribution in [3.63, 3.8) is 0 Å². The van der Waals surface area contributed by atoms with Gasteiger partial charge in [0, 0.05) is 6.54 Å². The Morgan fingerprint density at radius 3 is 2.53 bits per heavy atom. The van der Waals surface area contributed by atoms with Crippen LogP contribution in [0.3, 0.4) is 0 Å². The fourth-order valence-electron chi connectivity index (χ4n) is 2.25. The Labute approximate surface area is 123 Å². The van der Waals surface area contributed by atoms with E-state index in [4.69, 9.17) is 0 Å². The second-order valence-electron chi connectivity index (χ2n) is 4.59. The average molecular weight is 322 g/mol. The van der Waals surface area contributed by atoms with Gasteiger partial charge >= 0.3 is 0 Å². The Balaban J connectivity index is 2.44. The van der Waals surface area contributed by atoms with Crippen LogP contribution in [0.2, 0.25) is 0 Å². The summed E-state index contributed by atoms with van der Waals surface area (Å²) in [5.74, 6) is 0. The molecule has 0 aliphatic carbocycles. The third-order valence-electron chi connectivity index (χ3n) is 3.23. The molecule has 0 bridgehead atoms. The molecule has 1 N–H and O–H groups in total. The van der Waals surface area contributed by atoms with Gasteiger partial charge in [-0.25, -0.2) is 0 Å². The monoisotopic (exact) mass is 321 g/mol. The summed E-state index contributed by atoms with van der Waals surface area (Å²) >= 11 is 3.62. The summed E-state index contributed by atoms with van der Waals surface area (Å²) in [6.45, 7) is 8.13. The smallest absolute Gasteiger partial charge is 0.0759 e. The van der Waals surface area contributed by atoms with E-state index in [2.05, 4.69) is 71.4 Å². The van der Waals surface area contributed by atoms with Crippen molar-refractivity contribution < 1.29 is 0 Å². The molecule has 2 rings (SSSR count). The van der Waals surface area contributed by atoms with Gasteiger partial charge < -0.3 is 5.32 Å². The normalized spacial score (nSPS) is 12.6. The Morgan fingerprint density at radius 2 is 1.95 bits per heavy atom. The quantitative estimate of drug-likeness (QED) is 0.910. The Morgan fingerprint density at radius 1 is 1.26 bits per heavy atom. The van der Waals surface area contributed by atoms with Gasteiger partial charge in [0.05, 0.1) is 22.4 Å². The highest BCUT2D eigenvalue weighted by atomic mass is 79.9. The highest BCUT2D eigenvalue weighted by molar-refractivity contribution is 9.10. The number of benzene rings is 1. The maximum absolute atomic E-state index is 4.41. The molecule has 0 saturated heterocycles. The van der Waals surface area contributed by atoms with Gasteiger partial charge in [0.2, 0.25) is 0 Å². The van der Waals surface area contributed by atoms with Gasteiger partial charge in [-0.15, -0.1) is 0 Å². The third-order valence-corrected chi connectivity index (χ3v) is 3.84. The molecule has 1 atom stereocenters. The molecule has 0 fully saturated rings. The minimum atomic E-state index is 0.169. The number of nitrogens with zero attached hydrogens (tertiary/aromatic N) is 2. The molecule has 1 aromatic carbocycles. The number of aryl methyl sites for hydroxylation is 2.